The van der Waals surface area contributed by atoms with Crippen LogP contribution in [0.1, 0.15) is 63.2 Å². The fourth-order valence-corrected chi connectivity index (χ4v) is 2.31. The lowest BCUT2D eigenvalue weighted by Crippen LogP contribution is -2.22. The van der Waals surface area contributed by atoms with Gasteiger partial charge in [0.15, 0.2) is 0 Å². The topological polar surface area (TPSA) is 51.2 Å². The fraction of sp³-hybridized carbons (Fsp3) is 0.308. The second kappa shape index (κ2) is 16.8. The van der Waals surface area contributed by atoms with Crippen molar-refractivity contribution in [3.8, 4) is 11.5 Å². The van der Waals surface area contributed by atoms with E-state index < -0.39 is 0 Å². The van der Waals surface area contributed by atoms with Gasteiger partial charge in [0.2, 0.25) is 0 Å². The van der Waals surface area contributed by atoms with Gasteiger partial charge in [-0.05, 0) is 42.8 Å². The smallest absolute Gasteiger partial charge is 0.251 e. The number of nitrogens with one attached hydrogen (secondary N) is 1. The lowest BCUT2D eigenvalue weighted by atomic mass is 10.2. The van der Waals surface area contributed by atoms with E-state index in [9.17, 15) is 4.79 Å². The van der Waals surface area contributed by atoms with Gasteiger partial charge in [-0.25, -0.2) is 0 Å². The van der Waals surface area contributed by atoms with Crippen LogP contribution < -0.4 is 10.1 Å². The molecule has 4 heteroatoms. The zero-order chi connectivity index (χ0) is 22.8. The zero-order valence-electron chi connectivity index (χ0n) is 19.4. The van der Waals surface area contributed by atoms with Gasteiger partial charge in [-0.2, -0.15) is 0 Å². The minimum Gasteiger partial charge on any atom is -0.457 e. The third-order valence-electron chi connectivity index (χ3n) is 3.49. The van der Waals surface area contributed by atoms with Crippen LogP contribution in [0.5, 0.6) is 11.5 Å². The Morgan fingerprint density at radius 3 is 2.10 bits per heavy atom. The average Bonchev–Trinajstić information content (AvgIpc) is 2.82. The van der Waals surface area contributed by atoms with Crippen LogP contribution in [0.15, 0.2) is 72.9 Å². The molecule has 1 amide bonds. The summed E-state index contributed by atoms with van der Waals surface area (Å²) in [6.07, 6.45) is 1.72. The summed E-state index contributed by atoms with van der Waals surface area (Å²) in [5.41, 5.74) is 2.53. The number of aryl methyl sites for hydroxylation is 1. The van der Waals surface area contributed by atoms with Crippen molar-refractivity contribution < 1.29 is 9.53 Å². The third-order valence-corrected chi connectivity index (χ3v) is 3.49. The maximum Gasteiger partial charge on any atom is 0.251 e. The molecule has 3 aromatic rings. The quantitative estimate of drug-likeness (QED) is 0.486. The van der Waals surface area contributed by atoms with Crippen molar-refractivity contribution >= 4 is 5.91 Å². The van der Waals surface area contributed by atoms with Crippen molar-refractivity contribution in [2.45, 2.75) is 55.0 Å². The highest BCUT2D eigenvalue weighted by Gasteiger charge is 2.05. The van der Waals surface area contributed by atoms with Crippen LogP contribution in [0.4, 0.5) is 0 Å². The molecule has 1 aromatic heterocycles. The lowest BCUT2D eigenvalue weighted by Gasteiger charge is -2.09. The number of carbonyl (C=O) groups excluding carboxylic acids is 1. The fourth-order valence-electron chi connectivity index (χ4n) is 2.31. The van der Waals surface area contributed by atoms with Gasteiger partial charge in [0.1, 0.15) is 11.5 Å². The van der Waals surface area contributed by atoms with Gasteiger partial charge >= 0.3 is 0 Å². The van der Waals surface area contributed by atoms with Crippen molar-refractivity contribution in [2.24, 2.45) is 0 Å². The van der Waals surface area contributed by atoms with Crippen molar-refractivity contribution in [2.75, 3.05) is 0 Å². The highest BCUT2D eigenvalue weighted by Crippen LogP contribution is 2.22. The first kappa shape index (κ1) is 26.9. The molecule has 3 rings (SSSR count). The van der Waals surface area contributed by atoms with Crippen LogP contribution in [0.3, 0.4) is 0 Å². The minimum absolute atomic E-state index is 0.0910. The number of nitrogens with zero attached hydrogens (tertiary/aromatic N) is 1. The molecule has 0 aliphatic rings. The number of ether oxygens (including phenoxy) is 1. The number of hydrogen-bond donors (Lipinski definition) is 1. The minimum atomic E-state index is -0.0910. The normalized spacial score (nSPS) is 8.77. The molecule has 2 aromatic carbocycles. The van der Waals surface area contributed by atoms with Crippen molar-refractivity contribution in [1.82, 2.24) is 10.3 Å². The molecule has 162 valence electrons. The molecule has 30 heavy (non-hydrogen) atoms. The van der Waals surface area contributed by atoms with Gasteiger partial charge in [0, 0.05) is 30.1 Å². The Morgan fingerprint density at radius 2 is 1.47 bits per heavy atom. The van der Waals surface area contributed by atoms with Gasteiger partial charge < -0.3 is 10.1 Å². The van der Waals surface area contributed by atoms with Crippen LogP contribution in [-0.4, -0.2) is 10.9 Å². The number of aromatic nitrogens is 1. The van der Waals surface area contributed by atoms with E-state index in [-0.39, 0.29) is 5.91 Å². The van der Waals surface area contributed by atoms with Gasteiger partial charge in [0.25, 0.3) is 5.91 Å². The predicted octanol–water partition coefficient (Wildman–Crippen LogP) is 7.19. The molecule has 1 heterocycles. The molecule has 0 unspecified atom stereocenters. The summed E-state index contributed by atoms with van der Waals surface area (Å²) < 4.78 is 5.84. The summed E-state index contributed by atoms with van der Waals surface area (Å²) in [6, 6.07) is 20.5. The Morgan fingerprint density at radius 1 is 0.833 bits per heavy atom. The zero-order valence-corrected chi connectivity index (χ0v) is 19.4. The maximum atomic E-state index is 12.1. The monoisotopic (exact) mass is 408 g/mol. The highest BCUT2D eigenvalue weighted by atomic mass is 16.5. The Hall–Kier alpha value is -3.14. The van der Waals surface area contributed by atoms with Gasteiger partial charge in [-0.1, -0.05) is 71.9 Å². The van der Waals surface area contributed by atoms with E-state index in [0.717, 1.165) is 22.8 Å². The van der Waals surface area contributed by atoms with Gasteiger partial charge in [-0.3, -0.25) is 9.78 Å². The first-order chi connectivity index (χ1) is 14.7. The van der Waals surface area contributed by atoms with Gasteiger partial charge in [-0.15, -0.1) is 0 Å². The van der Waals surface area contributed by atoms with Crippen molar-refractivity contribution in [3.05, 3.63) is 89.7 Å². The molecule has 0 bridgehead atoms. The molecule has 0 saturated carbocycles. The molecule has 0 spiro atoms. The second-order valence-electron chi connectivity index (χ2n) is 5.43. The van der Waals surface area contributed by atoms with Crippen LogP contribution in [0.25, 0.3) is 0 Å². The second-order valence-corrected chi connectivity index (χ2v) is 5.43. The molecule has 0 aliphatic carbocycles. The van der Waals surface area contributed by atoms with E-state index in [1.807, 2.05) is 103 Å². The number of pyridine rings is 1. The third kappa shape index (κ3) is 9.87. The van der Waals surface area contributed by atoms with E-state index in [2.05, 4.69) is 10.3 Å². The van der Waals surface area contributed by atoms with Crippen molar-refractivity contribution in [1.29, 1.82) is 0 Å². The summed E-state index contributed by atoms with van der Waals surface area (Å²) in [5.74, 6) is 1.38. The summed E-state index contributed by atoms with van der Waals surface area (Å²) in [7, 11) is 0. The lowest BCUT2D eigenvalue weighted by molar-refractivity contribution is 0.0951. The Kier molecular flexibility index (Phi) is 15.0. The molecular weight excluding hydrogens is 372 g/mol. The summed E-state index contributed by atoms with van der Waals surface area (Å²) in [4.78, 5) is 16.2. The summed E-state index contributed by atoms with van der Waals surface area (Å²) in [5, 5.41) is 2.91. The largest absolute Gasteiger partial charge is 0.457 e. The molecular formula is C26H36N2O2. The first-order valence-electron chi connectivity index (χ1n) is 10.7. The molecule has 4 nitrogen and oxygen atoms in total. The maximum absolute atomic E-state index is 12.1. The summed E-state index contributed by atoms with van der Waals surface area (Å²) >= 11 is 0. The highest BCUT2D eigenvalue weighted by molar-refractivity contribution is 5.94. The molecule has 1 N–H and O–H groups in total. The number of benzene rings is 2. The van der Waals surface area contributed by atoms with Crippen molar-refractivity contribution in [3.63, 3.8) is 0 Å². The van der Waals surface area contributed by atoms with E-state index in [0.29, 0.717) is 12.1 Å². The number of amides is 1. The molecule has 0 fully saturated rings. The Bertz CT molecular complexity index is 833. The van der Waals surface area contributed by atoms with Crippen LogP contribution in [0.2, 0.25) is 0 Å². The molecule has 0 atom stereocenters. The summed E-state index contributed by atoms with van der Waals surface area (Å²) in [6.45, 7) is 14.4. The predicted molar refractivity (Wildman–Crippen MR) is 127 cm³/mol. The van der Waals surface area contributed by atoms with E-state index in [4.69, 9.17) is 4.74 Å². The Balaban J connectivity index is 0.00000129. The molecule has 0 aliphatic heterocycles. The number of rotatable bonds is 5. The first-order valence-corrected chi connectivity index (χ1v) is 10.7. The van der Waals surface area contributed by atoms with Gasteiger partial charge in [0.05, 0.1) is 0 Å². The average molecular weight is 409 g/mol. The SMILES string of the molecule is CC.CC.CC.Cc1cc(Oc2cccc(CNC(=O)c3ccccc3)c2)ccn1. The number of carbonyl (C=O) groups is 1. The molecule has 0 radical (unpaired) electrons. The number of hydrogen-bond acceptors (Lipinski definition) is 3. The standard InChI is InChI=1S/C20H18N2O2.3C2H6/c1-15-12-19(10-11-21-15)24-18-9-5-6-16(13-18)14-22-20(23)17-7-3-2-4-8-17;3*1-2/h2-13H,14H2,1H3,(H,22,23);3*1-2H3. The van der Waals surface area contributed by atoms with Crippen LogP contribution >= 0.6 is 0 Å². The van der Waals surface area contributed by atoms with E-state index in [1.165, 1.54) is 0 Å². The van der Waals surface area contributed by atoms with E-state index in [1.54, 1.807) is 18.3 Å². The van der Waals surface area contributed by atoms with Crippen LogP contribution in [0, 0.1) is 6.92 Å². The van der Waals surface area contributed by atoms with Crippen LogP contribution in [-0.2, 0) is 6.54 Å². The van der Waals surface area contributed by atoms with E-state index >= 15 is 0 Å². The Labute approximate surface area is 182 Å². The molecule has 0 saturated heterocycles.